The SMILES string of the molecule is CC[Si](CC)(CC)OC(C=C[C@@H]1[C@@H](CC=CCCCC(=O)O)[C@@H](O)C[C@H]1O[Si](CC)(CC)CC)COc1cccc(C(F)(F)F)c1. The first-order chi connectivity index (χ1) is 21.8. The number of aliphatic hydroxyl groups is 1. The Morgan fingerprint density at radius 1 is 1.00 bits per heavy atom. The van der Waals surface area contributed by atoms with Crippen molar-refractivity contribution in [1.82, 2.24) is 0 Å². The van der Waals surface area contributed by atoms with Crippen LogP contribution in [0.3, 0.4) is 0 Å². The van der Waals surface area contributed by atoms with Gasteiger partial charge in [-0.2, -0.15) is 13.2 Å². The Bertz CT molecular complexity index is 1090. The number of carbonyl (C=O) groups is 1. The topological polar surface area (TPSA) is 85.2 Å². The van der Waals surface area contributed by atoms with Gasteiger partial charge in [-0.15, -0.1) is 0 Å². The normalized spacial score (nSPS) is 21.8. The first kappa shape index (κ1) is 40.2. The van der Waals surface area contributed by atoms with Gasteiger partial charge in [0.05, 0.1) is 23.9 Å². The van der Waals surface area contributed by atoms with Gasteiger partial charge in [-0.25, -0.2) is 0 Å². The summed E-state index contributed by atoms with van der Waals surface area (Å²) in [6, 6.07) is 10.6. The van der Waals surface area contributed by atoms with Crippen LogP contribution in [0.5, 0.6) is 5.75 Å². The van der Waals surface area contributed by atoms with Gasteiger partial charge in [0.1, 0.15) is 12.4 Å². The predicted molar refractivity (Wildman–Crippen MR) is 183 cm³/mol. The minimum atomic E-state index is -4.46. The highest BCUT2D eigenvalue weighted by atomic mass is 28.4. The summed E-state index contributed by atoms with van der Waals surface area (Å²) in [7, 11) is -4.11. The number of aliphatic carboxylic acids is 1. The molecule has 1 aromatic rings. The van der Waals surface area contributed by atoms with E-state index in [1.807, 2.05) is 18.2 Å². The number of alkyl halides is 3. The number of unbranched alkanes of at least 4 members (excludes halogenated alkanes) is 1. The molecular weight excluding hydrogens is 630 g/mol. The highest BCUT2D eigenvalue weighted by molar-refractivity contribution is 6.74. The maximum Gasteiger partial charge on any atom is 0.416 e. The molecule has 1 saturated carbocycles. The third-order valence-electron chi connectivity index (χ3n) is 10.0. The van der Waals surface area contributed by atoms with Crippen LogP contribution in [-0.4, -0.2) is 57.7 Å². The Morgan fingerprint density at radius 2 is 1.63 bits per heavy atom. The van der Waals surface area contributed by atoms with Crippen molar-refractivity contribution in [3.05, 3.63) is 54.1 Å². The van der Waals surface area contributed by atoms with Crippen LogP contribution in [0.4, 0.5) is 13.2 Å². The van der Waals surface area contributed by atoms with E-state index in [0.29, 0.717) is 25.7 Å². The number of aliphatic hydroxyl groups excluding tert-OH is 1. The van der Waals surface area contributed by atoms with Crippen molar-refractivity contribution in [2.24, 2.45) is 11.8 Å². The van der Waals surface area contributed by atoms with Crippen LogP contribution in [0.2, 0.25) is 36.3 Å². The molecule has 0 amide bonds. The maximum atomic E-state index is 13.4. The van der Waals surface area contributed by atoms with Crippen LogP contribution >= 0.6 is 0 Å². The van der Waals surface area contributed by atoms with Crippen molar-refractivity contribution >= 4 is 22.6 Å². The number of ether oxygens (including phenoxy) is 1. The first-order valence-electron chi connectivity index (χ1n) is 17.2. The van der Waals surface area contributed by atoms with Crippen molar-refractivity contribution in [2.75, 3.05) is 6.61 Å². The molecule has 46 heavy (non-hydrogen) atoms. The van der Waals surface area contributed by atoms with Crippen LogP contribution in [-0.2, 0) is 19.8 Å². The van der Waals surface area contributed by atoms with Gasteiger partial charge in [0.25, 0.3) is 0 Å². The van der Waals surface area contributed by atoms with E-state index in [1.54, 1.807) is 0 Å². The number of hydrogen-bond acceptors (Lipinski definition) is 5. The van der Waals surface area contributed by atoms with Crippen LogP contribution in [0.1, 0.15) is 79.2 Å². The molecule has 2 rings (SSSR count). The lowest BCUT2D eigenvalue weighted by Gasteiger charge is -2.35. The Labute approximate surface area is 276 Å². The lowest BCUT2D eigenvalue weighted by atomic mass is 9.89. The van der Waals surface area contributed by atoms with Crippen LogP contribution in [0.25, 0.3) is 0 Å². The molecule has 0 heterocycles. The van der Waals surface area contributed by atoms with Crippen molar-refractivity contribution in [2.45, 2.75) is 134 Å². The molecule has 262 valence electrons. The van der Waals surface area contributed by atoms with Crippen LogP contribution in [0, 0.1) is 11.8 Å². The van der Waals surface area contributed by atoms with Gasteiger partial charge in [-0.3, -0.25) is 4.79 Å². The number of hydrogen-bond donors (Lipinski definition) is 2. The molecule has 0 aromatic heterocycles. The molecule has 0 aliphatic heterocycles. The quantitative estimate of drug-likeness (QED) is 0.0761. The molecule has 1 aliphatic rings. The number of carboxylic acid groups (broad SMARTS) is 1. The number of benzene rings is 1. The fraction of sp³-hybridized carbons (Fsp3) is 0.686. The molecule has 6 nitrogen and oxygen atoms in total. The Kier molecular flexibility index (Phi) is 16.8. The molecule has 0 spiro atoms. The Balaban J connectivity index is 2.40. The summed E-state index contributed by atoms with van der Waals surface area (Å²) >= 11 is 0. The van der Waals surface area contributed by atoms with Gasteiger partial charge in [-0.1, -0.05) is 71.9 Å². The van der Waals surface area contributed by atoms with E-state index in [1.165, 1.54) is 12.1 Å². The van der Waals surface area contributed by atoms with Gasteiger partial charge >= 0.3 is 12.1 Å². The summed E-state index contributed by atoms with van der Waals surface area (Å²) in [6.45, 7) is 13.0. The second-order valence-electron chi connectivity index (χ2n) is 12.6. The molecule has 0 radical (unpaired) electrons. The lowest BCUT2D eigenvalue weighted by Crippen LogP contribution is -2.42. The fourth-order valence-corrected chi connectivity index (χ4v) is 12.2. The highest BCUT2D eigenvalue weighted by Crippen LogP contribution is 2.41. The Hall–Kier alpha value is -1.93. The fourth-order valence-electron chi connectivity index (χ4n) is 6.52. The summed E-state index contributed by atoms with van der Waals surface area (Å²) in [5.74, 6) is -0.849. The standard InChI is InChI=1S/C35H57F3O6Si2/c1-7-45(8-2,9-3)43-29(26-42-28-19-17-18-27(24-28)35(36,37)38)22-23-31-30(20-15-13-14-16-21-34(40)41)32(39)25-33(31)44-46(10-4,11-5)12-6/h13,15,17-19,22-24,29-33,39H,7-12,14,16,20-21,25-26H2,1-6H3,(H,40,41)/t29?,30-,31-,32+,33-/m1/s1. The monoisotopic (exact) mass is 686 g/mol. The second-order valence-corrected chi connectivity index (χ2v) is 22.0. The molecule has 2 N–H and O–H groups in total. The van der Waals surface area contributed by atoms with E-state index >= 15 is 0 Å². The van der Waals surface area contributed by atoms with Gasteiger partial charge in [-0.05, 0) is 86.1 Å². The average molecular weight is 687 g/mol. The van der Waals surface area contributed by atoms with E-state index in [9.17, 15) is 23.1 Å². The van der Waals surface area contributed by atoms with E-state index in [2.05, 4.69) is 47.6 Å². The molecule has 1 aromatic carbocycles. The highest BCUT2D eigenvalue weighted by Gasteiger charge is 2.45. The minimum absolute atomic E-state index is 0.0685. The smallest absolute Gasteiger partial charge is 0.416 e. The summed E-state index contributed by atoms with van der Waals surface area (Å²) in [6.07, 6.45) is 4.99. The predicted octanol–water partition coefficient (Wildman–Crippen LogP) is 9.62. The zero-order chi connectivity index (χ0) is 34.4. The summed E-state index contributed by atoms with van der Waals surface area (Å²) in [5.41, 5.74) is -0.758. The van der Waals surface area contributed by atoms with Crippen molar-refractivity contribution in [3.8, 4) is 5.75 Å². The third-order valence-corrected chi connectivity index (χ3v) is 19.4. The average Bonchev–Trinajstić information content (AvgIpc) is 3.33. The molecule has 1 aliphatic carbocycles. The number of halogens is 3. The molecule has 0 saturated heterocycles. The molecule has 1 unspecified atom stereocenters. The number of allylic oxidation sites excluding steroid dienone is 2. The van der Waals surface area contributed by atoms with Crippen molar-refractivity contribution < 1.29 is 41.8 Å². The zero-order valence-electron chi connectivity index (χ0n) is 28.7. The molecule has 11 heteroatoms. The lowest BCUT2D eigenvalue weighted by molar-refractivity contribution is -0.138. The minimum Gasteiger partial charge on any atom is -0.491 e. The molecule has 5 atom stereocenters. The van der Waals surface area contributed by atoms with E-state index in [4.69, 9.17) is 18.7 Å². The van der Waals surface area contributed by atoms with E-state index in [0.717, 1.165) is 48.4 Å². The van der Waals surface area contributed by atoms with Crippen molar-refractivity contribution in [3.63, 3.8) is 0 Å². The largest absolute Gasteiger partial charge is 0.491 e. The first-order valence-corrected chi connectivity index (χ1v) is 22.3. The third kappa shape index (κ3) is 11.9. The summed E-state index contributed by atoms with van der Waals surface area (Å²) in [4.78, 5) is 10.9. The van der Waals surface area contributed by atoms with Crippen LogP contribution < -0.4 is 4.74 Å². The molecule has 1 fully saturated rings. The number of rotatable bonds is 21. The zero-order valence-corrected chi connectivity index (χ0v) is 30.7. The van der Waals surface area contributed by atoms with Gasteiger partial charge < -0.3 is 23.8 Å². The van der Waals surface area contributed by atoms with E-state index in [-0.39, 0.29) is 36.7 Å². The second kappa shape index (κ2) is 19.2. The van der Waals surface area contributed by atoms with Gasteiger partial charge in [0.2, 0.25) is 0 Å². The summed E-state index contributed by atoms with van der Waals surface area (Å²) < 4.78 is 59.8. The molecular formula is C35H57F3O6Si2. The summed E-state index contributed by atoms with van der Waals surface area (Å²) in [5, 5.41) is 20.2. The van der Waals surface area contributed by atoms with Crippen molar-refractivity contribution in [1.29, 1.82) is 0 Å². The Morgan fingerprint density at radius 3 is 2.20 bits per heavy atom. The van der Waals surface area contributed by atoms with Gasteiger partial charge in [0, 0.05) is 12.3 Å². The number of carboxylic acids is 1. The van der Waals surface area contributed by atoms with Crippen LogP contribution in [0.15, 0.2) is 48.6 Å². The van der Waals surface area contributed by atoms with E-state index < -0.39 is 46.6 Å². The maximum absolute atomic E-state index is 13.4. The molecule has 0 bridgehead atoms. The van der Waals surface area contributed by atoms with Gasteiger partial charge in [0.15, 0.2) is 16.6 Å².